The second kappa shape index (κ2) is 14.9. The van der Waals surface area contributed by atoms with E-state index in [1.54, 1.807) is 17.0 Å². The highest BCUT2D eigenvalue weighted by Gasteiger charge is 2.25. The highest BCUT2D eigenvalue weighted by atomic mass is 16.6. The van der Waals surface area contributed by atoms with Crippen LogP contribution in [0, 0.1) is 11.3 Å². The van der Waals surface area contributed by atoms with Crippen LogP contribution in [0.25, 0.3) is 6.08 Å². The zero-order chi connectivity index (χ0) is 30.7. The van der Waals surface area contributed by atoms with Gasteiger partial charge in [-0.1, -0.05) is 66.7 Å². The number of carbonyl (C=O) groups is 2. The van der Waals surface area contributed by atoms with Gasteiger partial charge in [-0.2, -0.15) is 5.26 Å². The maximum Gasteiger partial charge on any atom is 0.410 e. The Morgan fingerprint density at radius 2 is 1.72 bits per heavy atom. The first-order chi connectivity index (χ1) is 20.7. The number of piperidine rings is 1. The zero-order valence-electron chi connectivity index (χ0n) is 25.0. The van der Waals surface area contributed by atoms with Crippen molar-refractivity contribution in [3.05, 3.63) is 107 Å². The van der Waals surface area contributed by atoms with Gasteiger partial charge >= 0.3 is 12.2 Å². The minimum atomic E-state index is -0.614. The van der Waals surface area contributed by atoms with E-state index in [9.17, 15) is 14.9 Å². The number of alkyl carbamates (subject to hydrolysis) is 1. The molecule has 4 rings (SSSR count). The van der Waals surface area contributed by atoms with Crippen LogP contribution in [0.1, 0.15) is 55.9 Å². The lowest BCUT2D eigenvalue weighted by Gasteiger charge is -2.31. The van der Waals surface area contributed by atoms with E-state index in [0.717, 1.165) is 35.3 Å². The molecule has 1 fully saturated rings. The first-order valence-electron chi connectivity index (χ1n) is 14.6. The van der Waals surface area contributed by atoms with Crippen LogP contribution in [0.2, 0.25) is 0 Å². The molecule has 1 atom stereocenters. The lowest BCUT2D eigenvalue weighted by Crippen LogP contribution is -2.42. The third-order valence-corrected chi connectivity index (χ3v) is 6.83. The molecular weight excluding hydrogens is 542 g/mol. The molecule has 8 nitrogen and oxygen atoms in total. The zero-order valence-corrected chi connectivity index (χ0v) is 25.0. The molecule has 1 aliphatic rings. The first-order valence-corrected chi connectivity index (χ1v) is 14.6. The van der Waals surface area contributed by atoms with E-state index in [-0.39, 0.29) is 24.8 Å². The van der Waals surface area contributed by atoms with Crippen LogP contribution in [0.3, 0.4) is 0 Å². The van der Waals surface area contributed by atoms with E-state index in [2.05, 4.69) is 11.4 Å². The second-order valence-corrected chi connectivity index (χ2v) is 11.5. The molecule has 43 heavy (non-hydrogen) atoms. The Bertz CT molecular complexity index is 1420. The van der Waals surface area contributed by atoms with E-state index in [1.807, 2.05) is 99.7 Å². The topological polar surface area (TPSA) is 101 Å². The molecule has 3 aromatic carbocycles. The first kappa shape index (κ1) is 31.2. The number of likely N-dealkylation sites (tertiary alicyclic amines) is 1. The minimum absolute atomic E-state index is 0.0118. The van der Waals surface area contributed by atoms with Crippen molar-refractivity contribution in [3.8, 4) is 11.8 Å². The summed E-state index contributed by atoms with van der Waals surface area (Å²) in [5.74, 6) is 0.759. The van der Waals surface area contributed by atoms with Crippen LogP contribution in [-0.2, 0) is 22.5 Å². The monoisotopic (exact) mass is 581 g/mol. The lowest BCUT2D eigenvalue weighted by molar-refractivity contribution is 0.0513. The molecule has 3 aromatic rings. The number of nitrogens with zero attached hydrogens (tertiary/aromatic N) is 2. The molecule has 1 saturated heterocycles. The Balaban J connectivity index is 1.30. The van der Waals surface area contributed by atoms with Crippen LogP contribution in [0.5, 0.6) is 5.75 Å². The maximum atomic E-state index is 12.6. The van der Waals surface area contributed by atoms with Gasteiger partial charge in [-0.05, 0) is 68.1 Å². The third kappa shape index (κ3) is 10.5. The van der Waals surface area contributed by atoms with Gasteiger partial charge < -0.3 is 24.4 Å². The van der Waals surface area contributed by atoms with Crippen molar-refractivity contribution in [1.29, 1.82) is 5.26 Å². The smallest absolute Gasteiger partial charge is 0.410 e. The molecule has 224 valence electrons. The van der Waals surface area contributed by atoms with E-state index < -0.39 is 11.7 Å². The summed E-state index contributed by atoms with van der Waals surface area (Å²) >= 11 is 0. The van der Waals surface area contributed by atoms with Gasteiger partial charge in [0.1, 0.15) is 24.1 Å². The molecule has 0 bridgehead atoms. The molecule has 2 amide bonds. The van der Waals surface area contributed by atoms with Crippen molar-refractivity contribution in [3.63, 3.8) is 0 Å². The highest BCUT2D eigenvalue weighted by molar-refractivity contribution is 5.69. The molecular formula is C35H39N3O5. The van der Waals surface area contributed by atoms with E-state index in [1.165, 1.54) is 0 Å². The van der Waals surface area contributed by atoms with Gasteiger partial charge in [-0.15, -0.1) is 0 Å². The molecule has 1 N–H and O–H groups in total. The summed E-state index contributed by atoms with van der Waals surface area (Å²) in [5, 5.41) is 12.1. The number of rotatable bonds is 9. The van der Waals surface area contributed by atoms with Gasteiger partial charge in [0.2, 0.25) is 0 Å². The molecule has 0 spiro atoms. The Morgan fingerprint density at radius 1 is 1.00 bits per heavy atom. The number of nitriles is 1. The Morgan fingerprint density at radius 3 is 2.40 bits per heavy atom. The molecule has 1 aliphatic heterocycles. The number of hydrogen-bond acceptors (Lipinski definition) is 6. The van der Waals surface area contributed by atoms with Gasteiger partial charge in [0, 0.05) is 25.9 Å². The van der Waals surface area contributed by atoms with Crippen LogP contribution < -0.4 is 10.1 Å². The normalized spacial score (nSPS) is 14.5. The largest absolute Gasteiger partial charge is 0.490 e. The maximum absolute atomic E-state index is 12.6. The standard InChI is InChI=1S/C35H39N3O5/c1-35(2,3)43-33(39)37-30(15-12-26-10-7-11-29(22-26)24-36)23-27-13-16-31(17-14-27)42-32-18-20-38(21-19-32)34(40)41-25-28-8-5-4-6-9-28/h4-17,22,30,32H,18-21,23,25H2,1-3H3,(H,37,39)/b15-12+/t30-/m1/s1. The van der Waals surface area contributed by atoms with Crippen LogP contribution in [0.15, 0.2) is 84.9 Å². The van der Waals surface area contributed by atoms with E-state index >= 15 is 0 Å². The summed E-state index contributed by atoms with van der Waals surface area (Å²) in [4.78, 5) is 26.7. The summed E-state index contributed by atoms with van der Waals surface area (Å²) in [5.41, 5.74) is 2.81. The predicted molar refractivity (Wildman–Crippen MR) is 165 cm³/mol. The van der Waals surface area contributed by atoms with E-state index in [4.69, 9.17) is 14.2 Å². The minimum Gasteiger partial charge on any atom is -0.490 e. The van der Waals surface area contributed by atoms with Crippen molar-refractivity contribution in [1.82, 2.24) is 10.2 Å². The number of nitrogens with one attached hydrogen (secondary N) is 1. The number of hydrogen-bond donors (Lipinski definition) is 1. The Hall–Kier alpha value is -4.77. The van der Waals surface area contributed by atoms with Gasteiger partial charge in [0.05, 0.1) is 17.7 Å². The van der Waals surface area contributed by atoms with E-state index in [0.29, 0.717) is 25.1 Å². The molecule has 1 heterocycles. The number of benzene rings is 3. The lowest BCUT2D eigenvalue weighted by atomic mass is 10.0. The summed E-state index contributed by atoms with van der Waals surface area (Å²) < 4.78 is 17.1. The summed E-state index contributed by atoms with van der Waals surface area (Å²) in [6.45, 7) is 6.90. The van der Waals surface area contributed by atoms with Crippen molar-refractivity contribution in [2.75, 3.05) is 13.1 Å². The fraction of sp³-hybridized carbons (Fsp3) is 0.343. The fourth-order valence-corrected chi connectivity index (χ4v) is 4.68. The molecule has 8 heteroatoms. The van der Waals surface area contributed by atoms with Gasteiger partial charge in [-0.3, -0.25) is 0 Å². The molecule has 0 aromatic heterocycles. The Kier molecular flexibility index (Phi) is 10.8. The van der Waals surface area contributed by atoms with Crippen molar-refractivity contribution in [2.24, 2.45) is 0 Å². The predicted octanol–water partition coefficient (Wildman–Crippen LogP) is 6.89. The molecule has 0 saturated carbocycles. The van der Waals surface area contributed by atoms with Gasteiger partial charge in [0.25, 0.3) is 0 Å². The molecule has 0 unspecified atom stereocenters. The average Bonchev–Trinajstić information content (AvgIpc) is 2.99. The number of carbonyl (C=O) groups excluding carboxylic acids is 2. The summed E-state index contributed by atoms with van der Waals surface area (Å²) in [6.07, 6.45) is 5.00. The summed E-state index contributed by atoms with van der Waals surface area (Å²) in [7, 11) is 0. The van der Waals surface area contributed by atoms with Crippen LogP contribution in [-0.4, -0.2) is 47.9 Å². The summed E-state index contributed by atoms with van der Waals surface area (Å²) in [6, 6.07) is 26.6. The van der Waals surface area contributed by atoms with Crippen molar-refractivity contribution in [2.45, 2.75) is 64.4 Å². The second-order valence-electron chi connectivity index (χ2n) is 11.5. The third-order valence-electron chi connectivity index (χ3n) is 6.83. The Labute approximate surface area is 253 Å². The van der Waals surface area contributed by atoms with Gasteiger partial charge in [0.15, 0.2) is 0 Å². The molecule has 0 aliphatic carbocycles. The van der Waals surface area contributed by atoms with Gasteiger partial charge in [-0.25, -0.2) is 9.59 Å². The van der Waals surface area contributed by atoms with Crippen molar-refractivity contribution >= 4 is 18.3 Å². The SMILES string of the molecule is CC(C)(C)OC(=O)N[C@H](/C=C/c1cccc(C#N)c1)Cc1ccc(OC2CCN(C(=O)OCc3ccccc3)CC2)cc1. The number of ether oxygens (including phenoxy) is 3. The van der Waals surface area contributed by atoms with Crippen LogP contribution in [0.4, 0.5) is 9.59 Å². The fourth-order valence-electron chi connectivity index (χ4n) is 4.68. The quantitative estimate of drug-likeness (QED) is 0.295. The number of amides is 2. The van der Waals surface area contributed by atoms with Crippen molar-refractivity contribution < 1.29 is 23.8 Å². The van der Waals surface area contributed by atoms with Crippen LogP contribution >= 0.6 is 0 Å². The average molecular weight is 582 g/mol. The highest BCUT2D eigenvalue weighted by Crippen LogP contribution is 2.21. The molecule has 0 radical (unpaired) electrons.